The molecule has 1 aromatic heterocycles. The Morgan fingerprint density at radius 2 is 2.14 bits per heavy atom. The number of nitrogens with two attached hydrogens (primary N) is 1. The van der Waals surface area contributed by atoms with Crippen LogP contribution in [0.1, 0.15) is 25.3 Å². The predicted molar refractivity (Wildman–Crippen MR) is 78.8 cm³/mol. The maximum atomic E-state index is 6.29. The summed E-state index contributed by atoms with van der Waals surface area (Å²) in [6.07, 6.45) is 3.58. The second-order valence-electron chi connectivity index (χ2n) is 5.68. The highest BCUT2D eigenvalue weighted by Gasteiger charge is 2.43. The molecule has 2 unspecified atom stereocenters. The fourth-order valence-electron chi connectivity index (χ4n) is 3.09. The largest absolute Gasteiger partial charge is 0.398 e. The number of anilines is 1. The molecule has 1 aromatic carbocycles. The van der Waals surface area contributed by atoms with Gasteiger partial charge in [0.05, 0.1) is 22.7 Å². The molecule has 0 radical (unpaired) electrons. The summed E-state index contributed by atoms with van der Waals surface area (Å²) in [5.41, 5.74) is 7.35. The second-order valence-corrected chi connectivity index (χ2v) is 6.09. The van der Waals surface area contributed by atoms with E-state index in [0.717, 1.165) is 13.0 Å². The van der Waals surface area contributed by atoms with Crippen LogP contribution in [0.5, 0.6) is 0 Å². The van der Waals surface area contributed by atoms with Gasteiger partial charge in [-0.15, -0.1) is 5.10 Å². The molecule has 2 fully saturated rings. The number of hydrogen-bond acceptors (Lipinski definition) is 5. The molecule has 7 heteroatoms. The lowest BCUT2D eigenvalue weighted by molar-refractivity contribution is 0.0725. The highest BCUT2D eigenvalue weighted by Crippen LogP contribution is 2.44. The van der Waals surface area contributed by atoms with E-state index in [-0.39, 0.29) is 12.1 Å². The first-order chi connectivity index (χ1) is 10.3. The topological polar surface area (TPSA) is 78.9 Å². The van der Waals surface area contributed by atoms with Crippen LogP contribution >= 0.6 is 11.6 Å². The molecule has 0 bridgehead atoms. The first-order valence-electron chi connectivity index (χ1n) is 7.19. The van der Waals surface area contributed by atoms with Gasteiger partial charge in [-0.1, -0.05) is 17.7 Å². The number of ether oxygens (including phenoxy) is 1. The van der Waals surface area contributed by atoms with Crippen LogP contribution in [0.15, 0.2) is 18.2 Å². The quantitative estimate of drug-likeness (QED) is 0.880. The summed E-state index contributed by atoms with van der Waals surface area (Å²) >= 11 is 6.29. The number of nitrogens with zero attached hydrogens (tertiary/aromatic N) is 4. The number of tetrazole rings is 1. The van der Waals surface area contributed by atoms with Gasteiger partial charge in [-0.05, 0) is 47.7 Å². The number of halogens is 1. The maximum absolute atomic E-state index is 6.29. The van der Waals surface area contributed by atoms with E-state index < -0.39 is 0 Å². The van der Waals surface area contributed by atoms with Gasteiger partial charge in [0.1, 0.15) is 0 Å². The molecular weight excluding hydrogens is 290 g/mol. The average molecular weight is 306 g/mol. The first-order valence-corrected chi connectivity index (χ1v) is 7.57. The number of nitrogen functional groups attached to an aromatic ring is 1. The van der Waals surface area contributed by atoms with Crippen LogP contribution in [0.3, 0.4) is 0 Å². The number of benzene rings is 1. The lowest BCUT2D eigenvalue weighted by Gasteiger charge is -2.19. The molecule has 21 heavy (non-hydrogen) atoms. The van der Waals surface area contributed by atoms with E-state index in [0.29, 0.717) is 28.0 Å². The van der Waals surface area contributed by atoms with Crippen molar-refractivity contribution in [3.63, 3.8) is 0 Å². The van der Waals surface area contributed by atoms with Crippen LogP contribution in [0, 0.1) is 5.92 Å². The fourth-order valence-corrected chi connectivity index (χ4v) is 3.36. The number of hydrogen-bond donors (Lipinski definition) is 1. The summed E-state index contributed by atoms with van der Waals surface area (Å²) < 4.78 is 7.72. The van der Waals surface area contributed by atoms with Gasteiger partial charge in [-0.2, -0.15) is 0 Å². The zero-order chi connectivity index (χ0) is 14.4. The number of rotatable bonds is 3. The summed E-state index contributed by atoms with van der Waals surface area (Å²) in [5.74, 6) is 1.26. The Labute approximate surface area is 127 Å². The minimum atomic E-state index is 0.165. The first kappa shape index (κ1) is 13.0. The van der Waals surface area contributed by atoms with Crippen LogP contribution in [0.4, 0.5) is 5.69 Å². The van der Waals surface area contributed by atoms with Crippen molar-refractivity contribution in [3.05, 3.63) is 23.2 Å². The summed E-state index contributed by atoms with van der Waals surface area (Å²) in [5, 5.41) is 12.7. The van der Waals surface area contributed by atoms with Gasteiger partial charge >= 0.3 is 0 Å². The molecule has 6 nitrogen and oxygen atoms in total. The molecule has 1 aliphatic carbocycles. The van der Waals surface area contributed by atoms with Gasteiger partial charge in [0.2, 0.25) is 0 Å². The molecule has 110 valence electrons. The summed E-state index contributed by atoms with van der Waals surface area (Å²) in [6.45, 7) is 0.753. The van der Waals surface area contributed by atoms with E-state index in [1.807, 2.05) is 16.8 Å². The van der Waals surface area contributed by atoms with Crippen LogP contribution in [-0.2, 0) is 4.74 Å². The predicted octanol–water partition coefficient (Wildman–Crippen LogP) is 2.32. The number of aromatic nitrogens is 4. The molecule has 4 rings (SSSR count). The van der Waals surface area contributed by atoms with E-state index in [1.165, 1.54) is 12.8 Å². The van der Waals surface area contributed by atoms with E-state index >= 15 is 0 Å². The summed E-state index contributed by atoms with van der Waals surface area (Å²) in [4.78, 5) is 0. The van der Waals surface area contributed by atoms with Crippen molar-refractivity contribution in [3.8, 4) is 11.4 Å². The Morgan fingerprint density at radius 3 is 2.90 bits per heavy atom. The zero-order valence-electron chi connectivity index (χ0n) is 11.4. The van der Waals surface area contributed by atoms with Crippen LogP contribution in [0.2, 0.25) is 5.02 Å². The monoisotopic (exact) mass is 305 g/mol. The molecular formula is C14H16ClN5O. The van der Waals surface area contributed by atoms with E-state index in [1.54, 1.807) is 6.07 Å². The highest BCUT2D eigenvalue weighted by molar-refractivity contribution is 6.33. The molecule has 0 spiro atoms. The van der Waals surface area contributed by atoms with Crippen molar-refractivity contribution >= 4 is 17.3 Å². The highest BCUT2D eigenvalue weighted by atomic mass is 35.5. The Kier molecular flexibility index (Phi) is 3.08. The Hall–Kier alpha value is -1.66. The smallest absolute Gasteiger partial charge is 0.185 e. The Balaban J connectivity index is 1.77. The Bertz CT molecular complexity index is 649. The van der Waals surface area contributed by atoms with Gasteiger partial charge in [-0.25, -0.2) is 4.68 Å². The van der Waals surface area contributed by atoms with Crippen LogP contribution in [0.25, 0.3) is 11.4 Å². The second kappa shape index (κ2) is 4.96. The molecule has 2 N–H and O–H groups in total. The average Bonchev–Trinajstić information content (AvgIpc) is 3.00. The van der Waals surface area contributed by atoms with Gasteiger partial charge in [0, 0.05) is 12.3 Å². The van der Waals surface area contributed by atoms with Gasteiger partial charge in [0.25, 0.3) is 0 Å². The molecule has 0 amide bonds. The third-order valence-corrected chi connectivity index (χ3v) is 4.58. The summed E-state index contributed by atoms with van der Waals surface area (Å²) in [7, 11) is 0. The minimum Gasteiger partial charge on any atom is -0.398 e. The van der Waals surface area contributed by atoms with Gasteiger partial charge in [0.15, 0.2) is 5.82 Å². The fraction of sp³-hybridized carbons (Fsp3) is 0.500. The molecule has 2 aliphatic rings. The maximum Gasteiger partial charge on any atom is 0.185 e. The third-order valence-electron chi connectivity index (χ3n) is 4.27. The molecule has 1 aliphatic heterocycles. The van der Waals surface area contributed by atoms with Crippen LogP contribution in [-0.4, -0.2) is 32.9 Å². The molecule has 2 atom stereocenters. The normalized spacial score (nSPS) is 25.4. The van der Waals surface area contributed by atoms with Crippen molar-refractivity contribution in [2.24, 2.45) is 5.92 Å². The Morgan fingerprint density at radius 1 is 1.29 bits per heavy atom. The van der Waals surface area contributed by atoms with E-state index in [9.17, 15) is 0 Å². The van der Waals surface area contributed by atoms with Crippen LogP contribution < -0.4 is 5.73 Å². The molecule has 1 saturated heterocycles. The van der Waals surface area contributed by atoms with Crippen molar-refractivity contribution < 1.29 is 4.74 Å². The molecule has 1 saturated carbocycles. The third kappa shape index (κ3) is 2.18. The van der Waals surface area contributed by atoms with E-state index in [4.69, 9.17) is 22.1 Å². The summed E-state index contributed by atoms with van der Waals surface area (Å²) in [6, 6.07) is 5.60. The lowest BCUT2D eigenvalue weighted by atomic mass is 10.1. The van der Waals surface area contributed by atoms with Crippen molar-refractivity contribution in [2.75, 3.05) is 12.3 Å². The minimum absolute atomic E-state index is 0.165. The van der Waals surface area contributed by atoms with Gasteiger partial charge in [-0.3, -0.25) is 0 Å². The SMILES string of the molecule is Nc1cccc(Cl)c1-c1nnnn1C1CCOC1C1CC1. The zero-order valence-corrected chi connectivity index (χ0v) is 12.2. The van der Waals surface area contributed by atoms with Crippen molar-refractivity contribution in [2.45, 2.75) is 31.4 Å². The molecule has 2 aromatic rings. The lowest BCUT2D eigenvalue weighted by Crippen LogP contribution is -2.24. The van der Waals surface area contributed by atoms with Crippen molar-refractivity contribution in [1.29, 1.82) is 0 Å². The van der Waals surface area contributed by atoms with Gasteiger partial charge < -0.3 is 10.5 Å². The molecule has 2 heterocycles. The standard InChI is InChI=1S/C14H16ClN5O/c15-9-2-1-3-10(16)12(9)14-17-18-19-20(14)11-6-7-21-13(11)8-4-5-8/h1-3,8,11,13H,4-7,16H2. The van der Waals surface area contributed by atoms with Crippen molar-refractivity contribution in [1.82, 2.24) is 20.2 Å². The van der Waals surface area contributed by atoms with E-state index in [2.05, 4.69) is 15.5 Å².